The normalized spacial score (nSPS) is 14.5. The number of hydrogen-bond acceptors (Lipinski definition) is 5. The molecular formula is C54H104N2O6P+. The zero-order valence-corrected chi connectivity index (χ0v) is 43.0. The Bertz CT molecular complexity index is 1170. The maximum Gasteiger partial charge on any atom is 0.472 e. The largest absolute Gasteiger partial charge is 0.472 e. The molecule has 9 heteroatoms. The number of carbonyl (C=O) groups is 1. The van der Waals surface area contributed by atoms with E-state index < -0.39 is 20.0 Å². The lowest BCUT2D eigenvalue weighted by Crippen LogP contribution is -2.46. The van der Waals surface area contributed by atoms with Crippen LogP contribution in [0.25, 0.3) is 0 Å². The van der Waals surface area contributed by atoms with E-state index >= 15 is 0 Å². The monoisotopic (exact) mass is 908 g/mol. The van der Waals surface area contributed by atoms with Crippen LogP contribution in [0.5, 0.6) is 0 Å². The molecule has 0 fully saturated rings. The van der Waals surface area contributed by atoms with Crippen molar-refractivity contribution in [1.29, 1.82) is 0 Å². The first-order valence-corrected chi connectivity index (χ1v) is 28.0. The molecule has 0 radical (unpaired) electrons. The molecule has 0 aliphatic rings. The molecule has 8 nitrogen and oxygen atoms in total. The van der Waals surface area contributed by atoms with Gasteiger partial charge in [-0.1, -0.05) is 229 Å². The van der Waals surface area contributed by atoms with Gasteiger partial charge in [0.05, 0.1) is 39.9 Å². The Morgan fingerprint density at radius 1 is 0.556 bits per heavy atom. The summed E-state index contributed by atoms with van der Waals surface area (Å²) in [6.07, 6.45) is 59.7. The lowest BCUT2D eigenvalue weighted by Gasteiger charge is -2.26. The van der Waals surface area contributed by atoms with E-state index in [-0.39, 0.29) is 19.1 Å². The minimum absolute atomic E-state index is 0.0745. The van der Waals surface area contributed by atoms with Crippen LogP contribution in [0, 0.1) is 0 Å². The summed E-state index contributed by atoms with van der Waals surface area (Å²) in [5, 5.41) is 13.7. The van der Waals surface area contributed by atoms with Gasteiger partial charge in [0.2, 0.25) is 5.91 Å². The van der Waals surface area contributed by atoms with Gasteiger partial charge in [0.1, 0.15) is 13.2 Å². The number of phosphoric acid groups is 1. The zero-order chi connectivity index (χ0) is 46.4. The number of aliphatic hydroxyl groups is 1. The van der Waals surface area contributed by atoms with Crippen molar-refractivity contribution in [1.82, 2.24) is 5.32 Å². The van der Waals surface area contributed by atoms with Crippen LogP contribution in [-0.4, -0.2) is 73.4 Å². The third kappa shape index (κ3) is 48.2. The third-order valence-electron chi connectivity index (χ3n) is 11.8. The fraction of sp³-hybridized carbons (Fsp3) is 0.833. The molecule has 0 saturated heterocycles. The smallest absolute Gasteiger partial charge is 0.391 e. The van der Waals surface area contributed by atoms with Gasteiger partial charge in [-0.2, -0.15) is 0 Å². The lowest BCUT2D eigenvalue weighted by molar-refractivity contribution is -0.870. The van der Waals surface area contributed by atoms with Crippen LogP contribution >= 0.6 is 7.82 Å². The van der Waals surface area contributed by atoms with Gasteiger partial charge in [-0.15, -0.1) is 0 Å². The Morgan fingerprint density at radius 3 is 1.38 bits per heavy atom. The van der Waals surface area contributed by atoms with E-state index in [1.54, 1.807) is 0 Å². The third-order valence-corrected chi connectivity index (χ3v) is 12.8. The van der Waals surface area contributed by atoms with Gasteiger partial charge >= 0.3 is 7.82 Å². The van der Waals surface area contributed by atoms with E-state index in [1.807, 2.05) is 21.1 Å². The minimum atomic E-state index is -4.29. The summed E-state index contributed by atoms with van der Waals surface area (Å²) in [7, 11) is 1.62. The van der Waals surface area contributed by atoms with Gasteiger partial charge in [-0.05, 0) is 51.4 Å². The van der Waals surface area contributed by atoms with Crippen molar-refractivity contribution in [3.8, 4) is 0 Å². The van der Waals surface area contributed by atoms with Crippen molar-refractivity contribution in [2.75, 3.05) is 40.9 Å². The van der Waals surface area contributed by atoms with E-state index in [1.165, 1.54) is 141 Å². The van der Waals surface area contributed by atoms with Crippen molar-refractivity contribution in [3.05, 3.63) is 48.6 Å². The first-order valence-electron chi connectivity index (χ1n) is 26.5. The number of carbonyl (C=O) groups excluding carboxylic acids is 1. The summed E-state index contributed by atoms with van der Waals surface area (Å²) in [6, 6.07) is -0.754. The number of unbranched alkanes of at least 4 members (excludes halogenated alkanes) is 27. The van der Waals surface area contributed by atoms with Crippen molar-refractivity contribution < 1.29 is 32.9 Å². The van der Waals surface area contributed by atoms with Crippen LogP contribution in [0.2, 0.25) is 0 Å². The van der Waals surface area contributed by atoms with Gasteiger partial charge < -0.3 is 19.8 Å². The van der Waals surface area contributed by atoms with Crippen LogP contribution in [-0.2, 0) is 18.4 Å². The maximum absolute atomic E-state index is 12.8. The maximum atomic E-state index is 12.8. The number of amides is 1. The van der Waals surface area contributed by atoms with Crippen LogP contribution < -0.4 is 5.32 Å². The molecule has 370 valence electrons. The van der Waals surface area contributed by atoms with Gasteiger partial charge in [-0.3, -0.25) is 13.8 Å². The quantitative estimate of drug-likeness (QED) is 0.0243. The molecule has 0 saturated carbocycles. The van der Waals surface area contributed by atoms with E-state index in [9.17, 15) is 19.4 Å². The van der Waals surface area contributed by atoms with Crippen molar-refractivity contribution in [3.63, 3.8) is 0 Å². The van der Waals surface area contributed by atoms with Crippen molar-refractivity contribution >= 4 is 13.7 Å². The predicted molar refractivity (Wildman–Crippen MR) is 272 cm³/mol. The molecule has 3 atom stereocenters. The summed E-state index contributed by atoms with van der Waals surface area (Å²) >= 11 is 0. The number of allylic oxidation sites excluding steroid dienone is 8. The van der Waals surface area contributed by atoms with E-state index in [2.05, 4.69) is 67.8 Å². The highest BCUT2D eigenvalue weighted by Gasteiger charge is 2.28. The van der Waals surface area contributed by atoms with E-state index in [0.29, 0.717) is 23.9 Å². The lowest BCUT2D eigenvalue weighted by atomic mass is 10.0. The molecule has 3 unspecified atom stereocenters. The fourth-order valence-electron chi connectivity index (χ4n) is 7.69. The highest BCUT2D eigenvalue weighted by atomic mass is 31.2. The molecule has 0 aromatic carbocycles. The number of nitrogens with one attached hydrogen (secondary N) is 1. The number of hydrogen-bond donors (Lipinski definition) is 3. The van der Waals surface area contributed by atoms with Crippen LogP contribution in [0.1, 0.15) is 239 Å². The summed E-state index contributed by atoms with van der Waals surface area (Å²) < 4.78 is 23.4. The summed E-state index contributed by atoms with van der Waals surface area (Å²) in [5.41, 5.74) is 0. The van der Waals surface area contributed by atoms with E-state index in [4.69, 9.17) is 9.05 Å². The molecule has 0 aliphatic heterocycles. The average Bonchev–Trinajstić information content (AvgIpc) is 3.24. The van der Waals surface area contributed by atoms with Gasteiger partial charge in [0.15, 0.2) is 0 Å². The highest BCUT2D eigenvalue weighted by Crippen LogP contribution is 2.43. The second-order valence-electron chi connectivity index (χ2n) is 19.2. The predicted octanol–water partition coefficient (Wildman–Crippen LogP) is 15.6. The van der Waals surface area contributed by atoms with Crippen LogP contribution in [0.4, 0.5) is 0 Å². The zero-order valence-electron chi connectivity index (χ0n) is 42.1. The molecule has 63 heavy (non-hydrogen) atoms. The Hall–Kier alpha value is -1.54. The molecule has 0 rings (SSSR count). The molecule has 0 heterocycles. The van der Waals surface area contributed by atoms with Crippen LogP contribution in [0.3, 0.4) is 0 Å². The van der Waals surface area contributed by atoms with Crippen molar-refractivity contribution in [2.24, 2.45) is 0 Å². The molecule has 0 bridgehead atoms. The number of likely N-dealkylation sites (N-methyl/N-ethyl adjacent to an activating group) is 1. The van der Waals surface area contributed by atoms with Crippen LogP contribution in [0.15, 0.2) is 48.6 Å². The number of rotatable bonds is 48. The number of phosphoric ester groups is 1. The summed E-state index contributed by atoms with van der Waals surface area (Å²) in [6.45, 7) is 4.66. The average molecular weight is 908 g/mol. The standard InChI is InChI=1S/C54H103N2O6P/c1-6-8-10-12-13-14-15-16-17-18-19-20-21-22-23-24-25-26-27-28-29-30-31-32-33-34-35-36-37-38-39-40-41-42-43-44-46-48-54(58)55-52(53(57)47-45-11-9-7-2)51-62-63(59,60)61-50-49-56(3,4)5/h8,10,13-14,16-17,19-20,52-53,57H,6-7,9,11-12,15,18,21-51H2,1-5H3,(H-,55,58,59,60)/p+1/b10-8-,14-13-,17-16-,20-19-. The highest BCUT2D eigenvalue weighted by molar-refractivity contribution is 7.47. The summed E-state index contributed by atoms with van der Waals surface area (Å²) in [4.78, 5) is 22.9. The number of aliphatic hydroxyl groups excluding tert-OH is 1. The van der Waals surface area contributed by atoms with Gasteiger partial charge in [-0.25, -0.2) is 4.57 Å². The number of quaternary nitrogens is 1. The summed E-state index contributed by atoms with van der Waals surface area (Å²) in [5.74, 6) is -0.151. The van der Waals surface area contributed by atoms with Gasteiger partial charge in [0.25, 0.3) is 0 Å². The second kappa shape index (κ2) is 45.6. The van der Waals surface area contributed by atoms with Crippen molar-refractivity contribution in [2.45, 2.75) is 251 Å². The Morgan fingerprint density at radius 2 is 0.952 bits per heavy atom. The first kappa shape index (κ1) is 61.5. The molecule has 0 spiro atoms. The Labute approximate surface area is 390 Å². The fourth-order valence-corrected chi connectivity index (χ4v) is 8.42. The van der Waals surface area contributed by atoms with Gasteiger partial charge in [0, 0.05) is 6.42 Å². The topological polar surface area (TPSA) is 105 Å². The molecule has 1 amide bonds. The molecule has 0 aromatic heterocycles. The Kier molecular flexibility index (Phi) is 44.5. The molecule has 3 N–H and O–H groups in total. The number of nitrogens with zero attached hydrogens (tertiary/aromatic N) is 1. The second-order valence-corrected chi connectivity index (χ2v) is 20.7. The molecular weight excluding hydrogens is 804 g/mol. The Balaban J connectivity index is 3.67. The minimum Gasteiger partial charge on any atom is -0.391 e. The molecule has 0 aliphatic carbocycles. The molecule has 0 aromatic rings. The SMILES string of the molecule is CC/C=C\C/C=C\C/C=C\C/C=C\CCCCCCCCCCCCCCCCCCCCCCCCCCC(=O)NC(COP(=O)(O)OCC[N+](C)(C)C)C(O)CCCCCC. The first-order chi connectivity index (χ1) is 30.5. The van der Waals surface area contributed by atoms with E-state index in [0.717, 1.165) is 70.6 Å².